The van der Waals surface area contributed by atoms with Crippen LogP contribution in [-0.4, -0.2) is 39.8 Å². The van der Waals surface area contributed by atoms with Gasteiger partial charge < -0.3 is 10.6 Å². The summed E-state index contributed by atoms with van der Waals surface area (Å²) in [6.07, 6.45) is 3.76. The number of fused-ring (bicyclic) bond motifs is 1. The van der Waals surface area contributed by atoms with Gasteiger partial charge in [-0.3, -0.25) is 4.79 Å². The van der Waals surface area contributed by atoms with Gasteiger partial charge in [-0.1, -0.05) is 13.8 Å². The number of hydrogen-bond acceptors (Lipinski definition) is 4. The SMILES string of the molecule is CC(C)c1nc2n(n1)CC(NC(=O)C1CCNCC1)CC2. The van der Waals surface area contributed by atoms with Gasteiger partial charge >= 0.3 is 0 Å². The minimum absolute atomic E-state index is 0.176. The lowest BCUT2D eigenvalue weighted by atomic mass is 9.96. The van der Waals surface area contributed by atoms with E-state index in [1.165, 1.54) is 0 Å². The molecule has 0 radical (unpaired) electrons. The summed E-state index contributed by atoms with van der Waals surface area (Å²) in [5, 5.41) is 11.1. The molecular formula is C15H25N5O. The maximum atomic E-state index is 12.3. The summed E-state index contributed by atoms with van der Waals surface area (Å²) in [6.45, 7) is 6.88. The van der Waals surface area contributed by atoms with Crippen LogP contribution < -0.4 is 10.6 Å². The average Bonchev–Trinajstić information content (AvgIpc) is 2.91. The molecule has 116 valence electrons. The fraction of sp³-hybridized carbons (Fsp3) is 0.800. The van der Waals surface area contributed by atoms with Crippen molar-refractivity contribution in [3.63, 3.8) is 0 Å². The molecule has 0 bridgehead atoms. The normalized spacial score (nSPS) is 23.1. The number of nitrogens with zero attached hydrogens (tertiary/aromatic N) is 3. The largest absolute Gasteiger partial charge is 0.351 e. The highest BCUT2D eigenvalue weighted by Gasteiger charge is 2.27. The average molecular weight is 291 g/mol. The summed E-state index contributed by atoms with van der Waals surface area (Å²) in [5.41, 5.74) is 0. The molecule has 1 saturated heterocycles. The first kappa shape index (κ1) is 14.5. The van der Waals surface area contributed by atoms with Crippen molar-refractivity contribution < 1.29 is 4.79 Å². The molecule has 2 N–H and O–H groups in total. The molecule has 0 aromatic carbocycles. The molecule has 1 fully saturated rings. The Bertz CT molecular complexity index is 504. The number of hydrogen-bond donors (Lipinski definition) is 2. The highest BCUT2D eigenvalue weighted by atomic mass is 16.2. The third kappa shape index (κ3) is 3.26. The second-order valence-electron chi connectivity index (χ2n) is 6.49. The molecule has 6 heteroatoms. The van der Waals surface area contributed by atoms with Gasteiger partial charge in [0.2, 0.25) is 5.91 Å². The van der Waals surface area contributed by atoms with Crippen molar-refractivity contribution in [1.29, 1.82) is 0 Å². The fourth-order valence-electron chi connectivity index (χ4n) is 3.09. The maximum Gasteiger partial charge on any atom is 0.223 e. The quantitative estimate of drug-likeness (QED) is 0.865. The molecule has 6 nitrogen and oxygen atoms in total. The predicted octanol–water partition coefficient (Wildman–Crippen LogP) is 0.832. The Morgan fingerprint density at radius 1 is 1.33 bits per heavy atom. The zero-order chi connectivity index (χ0) is 14.8. The van der Waals surface area contributed by atoms with E-state index >= 15 is 0 Å². The van der Waals surface area contributed by atoms with Crippen molar-refractivity contribution in [3.05, 3.63) is 11.6 Å². The van der Waals surface area contributed by atoms with E-state index in [1.54, 1.807) is 0 Å². The van der Waals surface area contributed by atoms with E-state index in [1.807, 2.05) is 4.68 Å². The third-order valence-electron chi connectivity index (χ3n) is 4.45. The van der Waals surface area contributed by atoms with E-state index in [4.69, 9.17) is 0 Å². The van der Waals surface area contributed by atoms with Crippen molar-refractivity contribution in [1.82, 2.24) is 25.4 Å². The first-order valence-electron chi connectivity index (χ1n) is 8.08. The standard InChI is InChI=1S/C15H25N5O/c1-10(2)14-18-13-4-3-12(9-20(13)19-14)17-15(21)11-5-7-16-8-6-11/h10-12,16H,3-9H2,1-2H3,(H,17,21). The lowest BCUT2D eigenvalue weighted by molar-refractivity contribution is -0.126. The third-order valence-corrected chi connectivity index (χ3v) is 4.45. The summed E-state index contributed by atoms with van der Waals surface area (Å²) >= 11 is 0. The Labute approximate surface area is 125 Å². The minimum Gasteiger partial charge on any atom is -0.351 e. The van der Waals surface area contributed by atoms with Gasteiger partial charge in [0.05, 0.1) is 6.54 Å². The van der Waals surface area contributed by atoms with Crippen LogP contribution >= 0.6 is 0 Å². The molecule has 1 aromatic heterocycles. The van der Waals surface area contributed by atoms with E-state index in [2.05, 4.69) is 34.6 Å². The van der Waals surface area contributed by atoms with Crippen LogP contribution in [0, 0.1) is 5.92 Å². The Morgan fingerprint density at radius 3 is 2.81 bits per heavy atom. The molecule has 1 aromatic rings. The zero-order valence-corrected chi connectivity index (χ0v) is 12.9. The maximum absolute atomic E-state index is 12.3. The van der Waals surface area contributed by atoms with E-state index in [0.29, 0.717) is 5.92 Å². The molecule has 1 atom stereocenters. The molecule has 3 rings (SSSR count). The Hall–Kier alpha value is -1.43. The molecule has 2 aliphatic heterocycles. The number of piperidine rings is 1. The number of nitrogens with one attached hydrogen (secondary N) is 2. The lowest BCUT2D eigenvalue weighted by Crippen LogP contribution is -2.46. The smallest absolute Gasteiger partial charge is 0.223 e. The van der Waals surface area contributed by atoms with Gasteiger partial charge in [-0.05, 0) is 32.4 Å². The van der Waals surface area contributed by atoms with Gasteiger partial charge in [-0.15, -0.1) is 0 Å². The van der Waals surface area contributed by atoms with Crippen LogP contribution in [0.1, 0.15) is 50.7 Å². The van der Waals surface area contributed by atoms with Crippen LogP contribution in [0.25, 0.3) is 0 Å². The Morgan fingerprint density at radius 2 is 2.10 bits per heavy atom. The van der Waals surface area contributed by atoms with Crippen LogP contribution in [-0.2, 0) is 17.8 Å². The van der Waals surface area contributed by atoms with E-state index < -0.39 is 0 Å². The van der Waals surface area contributed by atoms with E-state index in [0.717, 1.165) is 57.0 Å². The fourth-order valence-corrected chi connectivity index (χ4v) is 3.09. The molecule has 21 heavy (non-hydrogen) atoms. The molecule has 0 spiro atoms. The van der Waals surface area contributed by atoms with Gasteiger partial charge in [-0.2, -0.15) is 5.10 Å². The van der Waals surface area contributed by atoms with Gasteiger partial charge in [-0.25, -0.2) is 9.67 Å². The van der Waals surface area contributed by atoms with Crippen LogP contribution in [0.3, 0.4) is 0 Å². The van der Waals surface area contributed by atoms with Crippen LogP contribution in [0.2, 0.25) is 0 Å². The minimum atomic E-state index is 0.176. The Balaban J connectivity index is 1.59. The highest BCUT2D eigenvalue weighted by Crippen LogP contribution is 2.18. The summed E-state index contributed by atoms with van der Waals surface area (Å²) < 4.78 is 1.98. The van der Waals surface area contributed by atoms with E-state index in [9.17, 15) is 4.79 Å². The van der Waals surface area contributed by atoms with Crippen molar-refractivity contribution in [2.24, 2.45) is 5.92 Å². The number of carbonyl (C=O) groups is 1. The van der Waals surface area contributed by atoms with Gasteiger partial charge in [0, 0.05) is 24.3 Å². The predicted molar refractivity (Wildman–Crippen MR) is 80.0 cm³/mol. The number of rotatable bonds is 3. The summed E-state index contributed by atoms with van der Waals surface area (Å²) in [5.74, 6) is 2.72. The number of amides is 1. The van der Waals surface area contributed by atoms with Gasteiger partial charge in [0.15, 0.2) is 5.82 Å². The molecular weight excluding hydrogens is 266 g/mol. The highest BCUT2D eigenvalue weighted by molar-refractivity contribution is 5.79. The molecule has 1 unspecified atom stereocenters. The lowest BCUT2D eigenvalue weighted by Gasteiger charge is -2.27. The van der Waals surface area contributed by atoms with E-state index in [-0.39, 0.29) is 17.9 Å². The van der Waals surface area contributed by atoms with Crippen LogP contribution in [0.15, 0.2) is 0 Å². The first-order valence-corrected chi connectivity index (χ1v) is 8.08. The topological polar surface area (TPSA) is 71.8 Å². The van der Waals surface area contributed by atoms with Crippen molar-refractivity contribution >= 4 is 5.91 Å². The van der Waals surface area contributed by atoms with Crippen molar-refractivity contribution in [2.45, 2.75) is 58.0 Å². The number of carbonyl (C=O) groups excluding carboxylic acids is 1. The zero-order valence-electron chi connectivity index (χ0n) is 12.9. The van der Waals surface area contributed by atoms with Crippen LogP contribution in [0.4, 0.5) is 0 Å². The molecule has 3 heterocycles. The summed E-state index contributed by atoms with van der Waals surface area (Å²) in [6, 6.07) is 0.196. The molecule has 2 aliphatic rings. The molecule has 1 amide bonds. The second kappa shape index (κ2) is 6.13. The molecule has 0 aliphatic carbocycles. The number of aryl methyl sites for hydroxylation is 1. The monoisotopic (exact) mass is 291 g/mol. The second-order valence-corrected chi connectivity index (χ2v) is 6.49. The van der Waals surface area contributed by atoms with Crippen molar-refractivity contribution in [3.8, 4) is 0 Å². The Kier molecular flexibility index (Phi) is 4.24. The van der Waals surface area contributed by atoms with Gasteiger partial charge in [0.1, 0.15) is 5.82 Å². The van der Waals surface area contributed by atoms with Crippen molar-refractivity contribution in [2.75, 3.05) is 13.1 Å². The molecule has 0 saturated carbocycles. The first-order chi connectivity index (χ1) is 10.1. The summed E-state index contributed by atoms with van der Waals surface area (Å²) in [7, 11) is 0. The van der Waals surface area contributed by atoms with Crippen LogP contribution in [0.5, 0.6) is 0 Å². The van der Waals surface area contributed by atoms with Gasteiger partial charge in [0.25, 0.3) is 0 Å². The summed E-state index contributed by atoms with van der Waals surface area (Å²) in [4.78, 5) is 16.9. The number of aromatic nitrogens is 3.